The van der Waals surface area contributed by atoms with Crippen LogP contribution >= 0.6 is 0 Å². The van der Waals surface area contributed by atoms with Crippen molar-refractivity contribution in [2.75, 3.05) is 5.73 Å². The normalized spacial score (nSPS) is 11.7. The molecule has 0 radical (unpaired) electrons. The van der Waals surface area contributed by atoms with Crippen molar-refractivity contribution in [3.8, 4) is 5.82 Å². The Morgan fingerprint density at radius 1 is 1.19 bits per heavy atom. The number of hydrogen-bond donors (Lipinski definition) is 1. The van der Waals surface area contributed by atoms with Crippen molar-refractivity contribution in [3.05, 3.63) is 36.2 Å². The lowest BCUT2D eigenvalue weighted by Crippen LogP contribution is -2.10. The van der Waals surface area contributed by atoms with Crippen LogP contribution < -0.4 is 5.73 Å². The summed E-state index contributed by atoms with van der Waals surface area (Å²) in [5, 5.41) is 3.77. The Labute approximate surface area is 88.5 Å². The van der Waals surface area contributed by atoms with E-state index in [-0.39, 0.29) is 11.6 Å². The number of alkyl halides is 3. The van der Waals surface area contributed by atoms with Gasteiger partial charge in [-0.3, -0.25) is 0 Å². The Kier molecular flexibility index (Phi) is 2.30. The first-order valence-electron chi connectivity index (χ1n) is 4.32. The van der Waals surface area contributed by atoms with E-state index >= 15 is 0 Å². The zero-order valence-electron chi connectivity index (χ0n) is 7.94. The molecule has 2 heterocycles. The Morgan fingerprint density at radius 3 is 2.50 bits per heavy atom. The molecule has 0 fully saturated rings. The lowest BCUT2D eigenvalue weighted by Gasteiger charge is -2.07. The first-order valence-corrected chi connectivity index (χ1v) is 4.32. The third-order valence-electron chi connectivity index (χ3n) is 1.87. The lowest BCUT2D eigenvalue weighted by molar-refractivity contribution is -0.141. The molecule has 0 aliphatic carbocycles. The predicted octanol–water partition coefficient (Wildman–Crippen LogP) is 1.87. The highest BCUT2D eigenvalue weighted by Crippen LogP contribution is 2.27. The summed E-state index contributed by atoms with van der Waals surface area (Å²) in [6.07, 6.45) is -3.02. The zero-order chi connectivity index (χ0) is 11.8. The summed E-state index contributed by atoms with van der Waals surface area (Å²) in [7, 11) is 0. The molecule has 2 aromatic rings. The molecule has 0 saturated carbocycles. The van der Waals surface area contributed by atoms with Gasteiger partial charge in [0.25, 0.3) is 0 Å². The molecule has 7 heteroatoms. The minimum absolute atomic E-state index is 0.0755. The second kappa shape index (κ2) is 3.51. The number of rotatable bonds is 1. The molecule has 84 valence electrons. The van der Waals surface area contributed by atoms with Gasteiger partial charge < -0.3 is 5.73 Å². The van der Waals surface area contributed by atoms with Gasteiger partial charge in [0.15, 0.2) is 5.82 Å². The number of halogens is 3. The van der Waals surface area contributed by atoms with E-state index in [9.17, 15) is 13.2 Å². The van der Waals surface area contributed by atoms with Gasteiger partial charge in [0.1, 0.15) is 11.5 Å². The van der Waals surface area contributed by atoms with Crippen LogP contribution in [0.2, 0.25) is 0 Å². The number of anilines is 1. The van der Waals surface area contributed by atoms with Gasteiger partial charge >= 0.3 is 6.18 Å². The van der Waals surface area contributed by atoms with E-state index in [0.717, 1.165) is 6.07 Å². The van der Waals surface area contributed by atoms with Gasteiger partial charge in [-0.25, -0.2) is 9.67 Å². The topological polar surface area (TPSA) is 56.7 Å². The summed E-state index contributed by atoms with van der Waals surface area (Å²) in [5.41, 5.74) is 4.40. The minimum Gasteiger partial charge on any atom is -0.382 e. The fraction of sp³-hybridized carbons (Fsp3) is 0.111. The van der Waals surface area contributed by atoms with Crippen molar-refractivity contribution in [3.63, 3.8) is 0 Å². The van der Waals surface area contributed by atoms with Gasteiger partial charge in [0.05, 0.1) is 0 Å². The van der Waals surface area contributed by atoms with E-state index in [1.807, 2.05) is 0 Å². The van der Waals surface area contributed by atoms with Crippen molar-refractivity contribution < 1.29 is 13.2 Å². The van der Waals surface area contributed by atoms with Crippen LogP contribution in [0, 0.1) is 0 Å². The monoisotopic (exact) mass is 228 g/mol. The molecule has 0 saturated heterocycles. The predicted molar refractivity (Wildman–Crippen MR) is 50.8 cm³/mol. The molecule has 2 aromatic heterocycles. The minimum atomic E-state index is -4.46. The maximum absolute atomic E-state index is 12.4. The van der Waals surface area contributed by atoms with E-state index in [1.54, 1.807) is 0 Å². The van der Waals surface area contributed by atoms with Crippen molar-refractivity contribution in [1.29, 1.82) is 0 Å². The molecule has 0 amide bonds. The number of nitrogen functional groups attached to an aromatic ring is 1. The summed E-state index contributed by atoms with van der Waals surface area (Å²) in [6, 6.07) is 5.06. The van der Waals surface area contributed by atoms with Crippen molar-refractivity contribution in [2.45, 2.75) is 6.18 Å². The van der Waals surface area contributed by atoms with Crippen molar-refractivity contribution in [2.24, 2.45) is 0 Å². The molecule has 0 aliphatic heterocycles. The highest BCUT2D eigenvalue weighted by atomic mass is 19.4. The Bertz CT molecular complexity index is 503. The Morgan fingerprint density at radius 2 is 1.94 bits per heavy atom. The van der Waals surface area contributed by atoms with E-state index in [0.29, 0.717) is 0 Å². The average Bonchev–Trinajstić information content (AvgIpc) is 2.64. The van der Waals surface area contributed by atoms with Gasteiger partial charge in [-0.15, -0.1) is 5.10 Å². The van der Waals surface area contributed by atoms with Gasteiger partial charge in [0.2, 0.25) is 0 Å². The second-order valence-electron chi connectivity index (χ2n) is 3.06. The lowest BCUT2D eigenvalue weighted by atomic mass is 10.3. The molecule has 0 aliphatic rings. The van der Waals surface area contributed by atoms with Crippen LogP contribution in [0.1, 0.15) is 5.69 Å². The number of pyridine rings is 1. The molecule has 2 rings (SSSR count). The van der Waals surface area contributed by atoms with E-state index in [4.69, 9.17) is 5.73 Å². The molecule has 0 spiro atoms. The molecule has 16 heavy (non-hydrogen) atoms. The Balaban J connectivity index is 2.44. The average molecular weight is 228 g/mol. The van der Waals surface area contributed by atoms with Crippen LogP contribution in [-0.4, -0.2) is 14.8 Å². The van der Waals surface area contributed by atoms with Gasteiger partial charge in [0, 0.05) is 12.3 Å². The summed E-state index contributed by atoms with van der Waals surface area (Å²) in [6.45, 7) is 0. The SMILES string of the molecule is Nc1ccn(-c2cccc(C(F)(F)F)n2)n1. The van der Waals surface area contributed by atoms with Crippen molar-refractivity contribution in [1.82, 2.24) is 14.8 Å². The number of nitrogens with two attached hydrogens (primary N) is 1. The number of nitrogens with zero attached hydrogens (tertiary/aromatic N) is 3. The summed E-state index contributed by atoms with van der Waals surface area (Å²) < 4.78 is 38.3. The fourth-order valence-corrected chi connectivity index (χ4v) is 1.17. The van der Waals surface area contributed by atoms with Crippen LogP contribution in [-0.2, 0) is 6.18 Å². The molecule has 2 N–H and O–H groups in total. The molecule has 0 atom stereocenters. The van der Waals surface area contributed by atoms with Crippen LogP contribution in [0.25, 0.3) is 5.82 Å². The van der Waals surface area contributed by atoms with Crippen molar-refractivity contribution >= 4 is 5.82 Å². The second-order valence-corrected chi connectivity index (χ2v) is 3.06. The first kappa shape index (κ1) is 10.5. The Hall–Kier alpha value is -2.05. The quantitative estimate of drug-likeness (QED) is 0.810. The third-order valence-corrected chi connectivity index (χ3v) is 1.87. The van der Waals surface area contributed by atoms with Crippen LogP contribution in [0.5, 0.6) is 0 Å². The molecule has 0 aromatic carbocycles. The third kappa shape index (κ3) is 1.97. The molecular formula is C9H7F3N4. The fourth-order valence-electron chi connectivity index (χ4n) is 1.17. The molecule has 0 unspecified atom stereocenters. The van der Waals surface area contributed by atoms with Crippen LogP contribution in [0.3, 0.4) is 0 Å². The van der Waals surface area contributed by atoms with Gasteiger partial charge in [-0.2, -0.15) is 13.2 Å². The van der Waals surface area contributed by atoms with E-state index in [2.05, 4.69) is 10.1 Å². The number of hydrogen-bond acceptors (Lipinski definition) is 3. The summed E-state index contributed by atoms with van der Waals surface area (Å²) in [5.74, 6) is 0.297. The van der Waals surface area contributed by atoms with Crippen LogP contribution in [0.4, 0.5) is 19.0 Å². The maximum atomic E-state index is 12.4. The molecule has 4 nitrogen and oxygen atoms in total. The molecule has 0 bridgehead atoms. The highest BCUT2D eigenvalue weighted by molar-refractivity contribution is 5.31. The van der Waals surface area contributed by atoms with Gasteiger partial charge in [-0.05, 0) is 12.1 Å². The largest absolute Gasteiger partial charge is 0.433 e. The molecular weight excluding hydrogens is 221 g/mol. The standard InChI is InChI=1S/C9H7F3N4/c10-9(11,12)6-2-1-3-8(14-6)16-5-4-7(13)15-16/h1-5H,(H2,13,15). The highest BCUT2D eigenvalue weighted by Gasteiger charge is 2.32. The number of aromatic nitrogens is 3. The zero-order valence-corrected chi connectivity index (χ0v) is 7.94. The first-order chi connectivity index (χ1) is 7.47. The maximum Gasteiger partial charge on any atom is 0.433 e. The summed E-state index contributed by atoms with van der Waals surface area (Å²) in [4.78, 5) is 3.45. The van der Waals surface area contributed by atoms with Gasteiger partial charge in [-0.1, -0.05) is 6.07 Å². The van der Waals surface area contributed by atoms with Crippen LogP contribution in [0.15, 0.2) is 30.5 Å². The van der Waals surface area contributed by atoms with E-state index in [1.165, 1.54) is 29.1 Å². The summed E-state index contributed by atoms with van der Waals surface area (Å²) >= 11 is 0. The van der Waals surface area contributed by atoms with E-state index < -0.39 is 11.9 Å². The smallest absolute Gasteiger partial charge is 0.382 e.